The SMILES string of the molecule is CCCNC(C)c1ccccc1-c1ccnc(OC)c1. The molecule has 3 heteroatoms. The molecule has 0 aliphatic carbocycles. The molecule has 1 unspecified atom stereocenters. The van der Waals surface area contributed by atoms with Crippen LogP contribution < -0.4 is 10.1 Å². The van der Waals surface area contributed by atoms with Crippen molar-refractivity contribution >= 4 is 0 Å². The lowest BCUT2D eigenvalue weighted by Crippen LogP contribution is -2.19. The lowest BCUT2D eigenvalue weighted by Gasteiger charge is -2.18. The van der Waals surface area contributed by atoms with Gasteiger partial charge in [0.2, 0.25) is 5.88 Å². The van der Waals surface area contributed by atoms with Crippen molar-refractivity contribution in [2.45, 2.75) is 26.3 Å². The Labute approximate surface area is 121 Å². The quantitative estimate of drug-likeness (QED) is 0.866. The number of methoxy groups -OCH3 is 1. The fraction of sp³-hybridized carbons (Fsp3) is 0.353. The van der Waals surface area contributed by atoms with Crippen LogP contribution in [0.15, 0.2) is 42.6 Å². The number of nitrogens with one attached hydrogen (secondary N) is 1. The van der Waals surface area contributed by atoms with E-state index in [1.807, 2.05) is 12.1 Å². The number of rotatable bonds is 6. The molecule has 0 aliphatic rings. The van der Waals surface area contributed by atoms with E-state index in [2.05, 4.69) is 48.4 Å². The molecule has 1 aromatic carbocycles. The highest BCUT2D eigenvalue weighted by molar-refractivity contribution is 5.68. The molecule has 2 aromatic rings. The maximum Gasteiger partial charge on any atom is 0.213 e. The third kappa shape index (κ3) is 3.36. The van der Waals surface area contributed by atoms with Gasteiger partial charge in [-0.3, -0.25) is 0 Å². The molecule has 0 radical (unpaired) electrons. The lowest BCUT2D eigenvalue weighted by atomic mass is 9.96. The molecule has 1 N–H and O–H groups in total. The van der Waals surface area contributed by atoms with Crippen LogP contribution >= 0.6 is 0 Å². The second kappa shape index (κ2) is 7.06. The van der Waals surface area contributed by atoms with Gasteiger partial charge >= 0.3 is 0 Å². The Morgan fingerprint density at radius 3 is 2.80 bits per heavy atom. The van der Waals surface area contributed by atoms with Crippen LogP contribution in [-0.2, 0) is 0 Å². The van der Waals surface area contributed by atoms with E-state index in [9.17, 15) is 0 Å². The molecule has 0 aliphatic heterocycles. The van der Waals surface area contributed by atoms with E-state index >= 15 is 0 Å². The van der Waals surface area contributed by atoms with Gasteiger partial charge in [-0.2, -0.15) is 0 Å². The molecule has 0 amide bonds. The Hall–Kier alpha value is -1.87. The minimum absolute atomic E-state index is 0.324. The first-order valence-electron chi connectivity index (χ1n) is 7.09. The largest absolute Gasteiger partial charge is 0.481 e. The average Bonchev–Trinajstić information content (AvgIpc) is 2.52. The smallest absolute Gasteiger partial charge is 0.213 e. The van der Waals surface area contributed by atoms with Crippen molar-refractivity contribution in [3.63, 3.8) is 0 Å². The van der Waals surface area contributed by atoms with Gasteiger partial charge in [-0.15, -0.1) is 0 Å². The normalized spacial score (nSPS) is 12.2. The molecular formula is C17H22N2O. The first-order valence-corrected chi connectivity index (χ1v) is 7.09. The summed E-state index contributed by atoms with van der Waals surface area (Å²) in [5.41, 5.74) is 3.66. The summed E-state index contributed by atoms with van der Waals surface area (Å²) in [5.74, 6) is 0.645. The minimum atomic E-state index is 0.324. The Balaban J connectivity index is 2.35. The van der Waals surface area contributed by atoms with Crippen molar-refractivity contribution in [1.82, 2.24) is 10.3 Å². The first-order chi connectivity index (χ1) is 9.76. The summed E-state index contributed by atoms with van der Waals surface area (Å²) < 4.78 is 5.21. The number of ether oxygens (including phenoxy) is 1. The zero-order chi connectivity index (χ0) is 14.4. The van der Waals surface area contributed by atoms with Crippen molar-refractivity contribution in [1.29, 1.82) is 0 Å². The predicted molar refractivity (Wildman–Crippen MR) is 82.9 cm³/mol. The highest BCUT2D eigenvalue weighted by Gasteiger charge is 2.11. The van der Waals surface area contributed by atoms with Gasteiger partial charge < -0.3 is 10.1 Å². The Bertz CT molecular complexity index is 554. The monoisotopic (exact) mass is 270 g/mol. The van der Waals surface area contributed by atoms with Crippen LogP contribution in [-0.4, -0.2) is 18.6 Å². The van der Waals surface area contributed by atoms with Gasteiger partial charge in [0, 0.05) is 18.3 Å². The summed E-state index contributed by atoms with van der Waals surface area (Å²) in [4.78, 5) is 4.17. The predicted octanol–water partition coefficient (Wildman–Crippen LogP) is 3.82. The number of nitrogens with zero attached hydrogens (tertiary/aromatic N) is 1. The molecule has 106 valence electrons. The summed E-state index contributed by atoms with van der Waals surface area (Å²) in [6.45, 7) is 5.40. The van der Waals surface area contributed by atoms with Crippen molar-refractivity contribution in [2.24, 2.45) is 0 Å². The van der Waals surface area contributed by atoms with Gasteiger partial charge in [-0.25, -0.2) is 4.98 Å². The maximum atomic E-state index is 5.21. The van der Waals surface area contributed by atoms with Crippen molar-refractivity contribution in [3.8, 4) is 17.0 Å². The highest BCUT2D eigenvalue weighted by Crippen LogP contribution is 2.29. The van der Waals surface area contributed by atoms with E-state index in [4.69, 9.17) is 4.74 Å². The Morgan fingerprint density at radius 2 is 2.05 bits per heavy atom. The van der Waals surface area contributed by atoms with Crippen LogP contribution in [0.4, 0.5) is 0 Å². The molecule has 1 atom stereocenters. The molecule has 1 heterocycles. The summed E-state index contributed by atoms with van der Waals surface area (Å²) in [6.07, 6.45) is 2.92. The van der Waals surface area contributed by atoms with Crippen LogP contribution in [0, 0.1) is 0 Å². The second-order valence-electron chi connectivity index (χ2n) is 4.85. The summed E-state index contributed by atoms with van der Waals surface area (Å²) in [6, 6.07) is 12.8. The molecule has 0 saturated heterocycles. The van der Waals surface area contributed by atoms with E-state index in [0.717, 1.165) is 18.5 Å². The molecule has 0 bridgehead atoms. The average molecular weight is 270 g/mol. The van der Waals surface area contributed by atoms with Gasteiger partial charge in [0.05, 0.1) is 7.11 Å². The van der Waals surface area contributed by atoms with E-state index in [1.165, 1.54) is 11.1 Å². The number of hydrogen-bond donors (Lipinski definition) is 1. The van der Waals surface area contributed by atoms with E-state index < -0.39 is 0 Å². The summed E-state index contributed by atoms with van der Waals surface area (Å²) >= 11 is 0. The second-order valence-corrected chi connectivity index (χ2v) is 4.85. The number of pyridine rings is 1. The minimum Gasteiger partial charge on any atom is -0.481 e. The zero-order valence-electron chi connectivity index (χ0n) is 12.4. The molecule has 1 aromatic heterocycles. The third-order valence-electron chi connectivity index (χ3n) is 3.38. The van der Waals surface area contributed by atoms with Gasteiger partial charge in [-0.05, 0) is 42.6 Å². The van der Waals surface area contributed by atoms with Crippen LogP contribution in [0.5, 0.6) is 5.88 Å². The topological polar surface area (TPSA) is 34.2 Å². The van der Waals surface area contributed by atoms with Crippen molar-refractivity contribution < 1.29 is 4.74 Å². The molecule has 2 rings (SSSR count). The molecule has 3 nitrogen and oxygen atoms in total. The standard InChI is InChI=1S/C17H22N2O/c1-4-10-18-13(2)15-7-5-6-8-16(15)14-9-11-19-17(12-14)20-3/h5-9,11-13,18H,4,10H2,1-3H3. The van der Waals surface area contributed by atoms with E-state index in [-0.39, 0.29) is 0 Å². The van der Waals surface area contributed by atoms with Crippen LogP contribution in [0.1, 0.15) is 31.9 Å². The number of benzene rings is 1. The number of aromatic nitrogens is 1. The fourth-order valence-corrected chi connectivity index (χ4v) is 2.30. The number of hydrogen-bond acceptors (Lipinski definition) is 3. The molecular weight excluding hydrogens is 248 g/mol. The zero-order valence-corrected chi connectivity index (χ0v) is 12.4. The molecule has 0 fully saturated rings. The van der Waals surface area contributed by atoms with Gasteiger partial charge in [0.25, 0.3) is 0 Å². The third-order valence-corrected chi connectivity index (χ3v) is 3.38. The fourth-order valence-electron chi connectivity index (χ4n) is 2.30. The van der Waals surface area contributed by atoms with Gasteiger partial charge in [0.1, 0.15) is 0 Å². The van der Waals surface area contributed by atoms with E-state index in [0.29, 0.717) is 11.9 Å². The van der Waals surface area contributed by atoms with Crippen molar-refractivity contribution in [2.75, 3.05) is 13.7 Å². The summed E-state index contributed by atoms with van der Waals surface area (Å²) in [5, 5.41) is 3.54. The van der Waals surface area contributed by atoms with Crippen LogP contribution in [0.3, 0.4) is 0 Å². The highest BCUT2D eigenvalue weighted by atomic mass is 16.5. The molecule has 20 heavy (non-hydrogen) atoms. The first kappa shape index (κ1) is 14.5. The van der Waals surface area contributed by atoms with Crippen LogP contribution in [0.25, 0.3) is 11.1 Å². The van der Waals surface area contributed by atoms with Gasteiger partial charge in [-0.1, -0.05) is 31.2 Å². The Kier molecular flexibility index (Phi) is 5.13. The van der Waals surface area contributed by atoms with Crippen LogP contribution in [0.2, 0.25) is 0 Å². The van der Waals surface area contributed by atoms with Crippen molar-refractivity contribution in [3.05, 3.63) is 48.2 Å². The maximum absolute atomic E-state index is 5.21. The Morgan fingerprint density at radius 1 is 1.25 bits per heavy atom. The molecule has 0 spiro atoms. The van der Waals surface area contributed by atoms with E-state index in [1.54, 1.807) is 13.3 Å². The molecule has 0 saturated carbocycles. The van der Waals surface area contributed by atoms with Gasteiger partial charge in [0.15, 0.2) is 0 Å². The summed E-state index contributed by atoms with van der Waals surface area (Å²) in [7, 11) is 1.64. The lowest BCUT2D eigenvalue weighted by molar-refractivity contribution is 0.398.